The fraction of sp³-hybridized carbons (Fsp3) is 0.656. The Morgan fingerprint density at radius 3 is 2.69 bits per heavy atom. The number of aliphatic hydroxyl groups excluding tert-OH is 2. The Balaban J connectivity index is 1.47. The van der Waals surface area contributed by atoms with Gasteiger partial charge in [-0.15, -0.1) is 0 Å². The van der Waals surface area contributed by atoms with E-state index in [1.54, 1.807) is 6.20 Å². The Hall–Kier alpha value is -2.79. The number of carbonyl (C=O) groups is 2. The number of fused-ring (bicyclic) bond motifs is 1. The van der Waals surface area contributed by atoms with Crippen LogP contribution in [0.4, 0.5) is 5.82 Å². The smallest absolute Gasteiger partial charge is 0.336 e. The summed E-state index contributed by atoms with van der Waals surface area (Å²) in [5.74, 6) is 0.194. The number of amides is 1. The van der Waals surface area contributed by atoms with E-state index in [2.05, 4.69) is 29.1 Å². The van der Waals surface area contributed by atoms with E-state index in [0.717, 1.165) is 12.0 Å². The van der Waals surface area contributed by atoms with Gasteiger partial charge in [0, 0.05) is 30.7 Å². The highest BCUT2D eigenvalue weighted by molar-refractivity contribution is 5.92. The summed E-state index contributed by atoms with van der Waals surface area (Å²) in [6.07, 6.45) is 5.41. The molecule has 230 valence electrons. The molecule has 4 N–H and O–H groups in total. The topological polar surface area (TPSA) is 133 Å². The minimum absolute atomic E-state index is 0.0261. The summed E-state index contributed by atoms with van der Waals surface area (Å²) in [7, 11) is 0. The average molecular weight is 583 g/mol. The van der Waals surface area contributed by atoms with Crippen molar-refractivity contribution < 1.29 is 29.3 Å². The molecular weight excluding hydrogens is 536 g/mol. The van der Waals surface area contributed by atoms with Gasteiger partial charge in [0.15, 0.2) is 0 Å². The van der Waals surface area contributed by atoms with Gasteiger partial charge >= 0.3 is 5.97 Å². The first kappa shape index (κ1) is 30.7. The van der Waals surface area contributed by atoms with Crippen molar-refractivity contribution in [3.63, 3.8) is 0 Å². The number of hydrogen-bond acceptors (Lipinski definition) is 9. The zero-order valence-corrected chi connectivity index (χ0v) is 25.1. The average Bonchev–Trinajstić information content (AvgIpc) is 3.44. The molecule has 8 atom stereocenters. The van der Waals surface area contributed by atoms with Gasteiger partial charge in [0.05, 0.1) is 43.6 Å². The minimum Gasteiger partial charge on any atom is -0.458 e. The second-order valence-electron chi connectivity index (χ2n) is 12.9. The van der Waals surface area contributed by atoms with Crippen molar-refractivity contribution >= 4 is 17.7 Å². The maximum atomic E-state index is 13.4. The summed E-state index contributed by atoms with van der Waals surface area (Å²) in [5, 5.41) is 28.9. The predicted octanol–water partition coefficient (Wildman–Crippen LogP) is 2.29. The predicted molar refractivity (Wildman–Crippen MR) is 158 cm³/mol. The molecule has 3 fully saturated rings. The van der Waals surface area contributed by atoms with Crippen LogP contribution in [0.15, 0.2) is 48.2 Å². The minimum atomic E-state index is -0.723. The standard InChI is InChI=1S/C32H46N4O6/c1-20-23(17-25(22-9-14-42-30(22)40)35-28-7-5-6-11-33-28)31(3)10-8-27(38)32(4,19-37)26(31)18-24(20)34-21(2)29(39)36-12-15-41-16-13-36/h5-7,9,11,21,23-27,34,37-38H,1,8,10,12-19H2,2-4H3,(H,33,35)/t21?,23?,24?,25?,26?,27-,31-,32+/m1/s1. The van der Waals surface area contributed by atoms with Crippen molar-refractivity contribution in [3.05, 3.63) is 48.2 Å². The second-order valence-corrected chi connectivity index (χ2v) is 12.9. The van der Waals surface area contributed by atoms with Crippen molar-refractivity contribution in [2.24, 2.45) is 22.7 Å². The number of nitrogens with zero attached hydrogens (tertiary/aromatic N) is 2. The van der Waals surface area contributed by atoms with Crippen molar-refractivity contribution in [1.82, 2.24) is 15.2 Å². The highest BCUT2D eigenvalue weighted by Crippen LogP contribution is 2.62. The SMILES string of the molecule is C=C1C(NC(C)C(=O)N2CCOCC2)CC2[C@](C)(CC[C@@H](O)[C@@]2(C)CO)C1CC(Nc1ccccn1)C1=CCOC1=O. The van der Waals surface area contributed by atoms with Crippen LogP contribution in [0.3, 0.4) is 0 Å². The van der Waals surface area contributed by atoms with E-state index >= 15 is 0 Å². The van der Waals surface area contributed by atoms with Crippen molar-refractivity contribution in [2.75, 3.05) is 44.8 Å². The van der Waals surface area contributed by atoms with Crippen LogP contribution in [0, 0.1) is 22.7 Å². The fourth-order valence-electron chi connectivity index (χ4n) is 7.97. The highest BCUT2D eigenvalue weighted by atomic mass is 16.5. The van der Waals surface area contributed by atoms with Gasteiger partial charge in [0.1, 0.15) is 12.4 Å². The van der Waals surface area contributed by atoms with E-state index in [9.17, 15) is 19.8 Å². The molecule has 3 heterocycles. The lowest BCUT2D eigenvalue weighted by atomic mass is 9.45. The Morgan fingerprint density at radius 1 is 1.29 bits per heavy atom. The number of carbonyl (C=O) groups excluding carboxylic acids is 2. The summed E-state index contributed by atoms with van der Waals surface area (Å²) in [5.41, 5.74) is 0.516. The Labute approximate surface area is 248 Å². The van der Waals surface area contributed by atoms with Crippen LogP contribution in [-0.2, 0) is 19.1 Å². The fourth-order valence-corrected chi connectivity index (χ4v) is 7.97. The summed E-state index contributed by atoms with van der Waals surface area (Å²) in [6, 6.07) is 4.57. The molecule has 2 aliphatic heterocycles. The number of anilines is 1. The molecule has 1 aromatic rings. The number of morpholine rings is 1. The third-order valence-corrected chi connectivity index (χ3v) is 10.5. The van der Waals surface area contributed by atoms with Crippen LogP contribution < -0.4 is 10.6 Å². The van der Waals surface area contributed by atoms with Gasteiger partial charge in [-0.2, -0.15) is 0 Å². The van der Waals surface area contributed by atoms with E-state index in [1.807, 2.05) is 43.0 Å². The lowest BCUT2D eigenvalue weighted by molar-refractivity contribution is -0.157. The molecule has 0 radical (unpaired) electrons. The molecule has 4 aliphatic rings. The third kappa shape index (κ3) is 5.74. The molecule has 5 unspecified atom stereocenters. The zero-order chi connectivity index (χ0) is 30.1. The largest absolute Gasteiger partial charge is 0.458 e. The Morgan fingerprint density at radius 2 is 2.05 bits per heavy atom. The summed E-state index contributed by atoms with van der Waals surface area (Å²) in [4.78, 5) is 32.5. The molecule has 0 spiro atoms. The lowest BCUT2D eigenvalue weighted by Gasteiger charge is -2.62. The lowest BCUT2D eigenvalue weighted by Crippen LogP contribution is -2.62. The van der Waals surface area contributed by atoms with Gasteiger partial charge in [-0.1, -0.05) is 32.1 Å². The summed E-state index contributed by atoms with van der Waals surface area (Å²) in [6.45, 7) is 13.0. The normalized spacial score (nSPS) is 34.7. The van der Waals surface area contributed by atoms with Crippen molar-refractivity contribution in [2.45, 2.75) is 70.7 Å². The quantitative estimate of drug-likeness (QED) is 0.256. The molecule has 5 rings (SSSR count). The Bertz CT molecular complexity index is 1190. The zero-order valence-electron chi connectivity index (χ0n) is 25.1. The van der Waals surface area contributed by atoms with Gasteiger partial charge < -0.3 is 29.9 Å². The maximum absolute atomic E-state index is 13.4. The van der Waals surface area contributed by atoms with Crippen LogP contribution in [0.5, 0.6) is 0 Å². The number of aromatic nitrogens is 1. The molecule has 0 bridgehead atoms. The number of esters is 1. The maximum Gasteiger partial charge on any atom is 0.336 e. The van der Waals surface area contributed by atoms with Gasteiger partial charge in [-0.05, 0) is 68.1 Å². The number of aliphatic hydroxyl groups is 2. The van der Waals surface area contributed by atoms with E-state index in [1.165, 1.54) is 0 Å². The monoisotopic (exact) mass is 582 g/mol. The van der Waals surface area contributed by atoms with E-state index in [0.29, 0.717) is 57.0 Å². The Kier molecular flexibility index (Phi) is 9.08. The van der Waals surface area contributed by atoms with Crippen LogP contribution in [-0.4, -0.2) is 95.7 Å². The van der Waals surface area contributed by atoms with Gasteiger partial charge in [-0.3, -0.25) is 10.1 Å². The van der Waals surface area contributed by atoms with E-state index in [4.69, 9.17) is 9.47 Å². The van der Waals surface area contributed by atoms with Crippen molar-refractivity contribution in [3.8, 4) is 0 Å². The third-order valence-electron chi connectivity index (χ3n) is 10.5. The first-order valence-electron chi connectivity index (χ1n) is 15.2. The van der Waals surface area contributed by atoms with Crippen LogP contribution >= 0.6 is 0 Å². The van der Waals surface area contributed by atoms with Crippen molar-refractivity contribution in [1.29, 1.82) is 0 Å². The number of ether oxygens (including phenoxy) is 2. The van der Waals surface area contributed by atoms with Gasteiger partial charge in [0.25, 0.3) is 0 Å². The first-order chi connectivity index (χ1) is 20.1. The number of rotatable bonds is 9. The van der Waals surface area contributed by atoms with E-state index < -0.39 is 17.6 Å². The molecule has 42 heavy (non-hydrogen) atoms. The van der Waals surface area contributed by atoms with E-state index in [-0.39, 0.29) is 54.4 Å². The number of pyridine rings is 1. The van der Waals surface area contributed by atoms with Crippen LogP contribution in [0.2, 0.25) is 0 Å². The van der Waals surface area contributed by atoms with Gasteiger partial charge in [-0.25, -0.2) is 9.78 Å². The summed E-state index contributed by atoms with van der Waals surface area (Å²) >= 11 is 0. The molecular formula is C32H46N4O6. The number of nitrogens with one attached hydrogen (secondary N) is 2. The second kappa shape index (κ2) is 12.4. The molecule has 10 heteroatoms. The molecule has 1 saturated heterocycles. The number of cyclic esters (lactones) is 1. The van der Waals surface area contributed by atoms with Gasteiger partial charge in [0.2, 0.25) is 5.91 Å². The molecule has 1 aromatic heterocycles. The first-order valence-corrected chi connectivity index (χ1v) is 15.2. The molecule has 1 amide bonds. The summed E-state index contributed by atoms with van der Waals surface area (Å²) < 4.78 is 10.7. The van der Waals surface area contributed by atoms with Crippen LogP contribution in [0.1, 0.15) is 46.5 Å². The molecule has 0 aromatic carbocycles. The van der Waals surface area contributed by atoms with Crippen LogP contribution in [0.25, 0.3) is 0 Å². The highest BCUT2D eigenvalue weighted by Gasteiger charge is 2.60. The number of hydrogen-bond donors (Lipinski definition) is 4. The molecule has 2 saturated carbocycles. The molecule has 10 nitrogen and oxygen atoms in total. The molecule has 2 aliphatic carbocycles.